The van der Waals surface area contributed by atoms with Gasteiger partial charge in [0.25, 0.3) is 0 Å². The van der Waals surface area contributed by atoms with E-state index in [9.17, 15) is 0 Å². The number of fused-ring (bicyclic) bond motifs is 2. The van der Waals surface area contributed by atoms with E-state index in [0.717, 1.165) is 28.1 Å². The Morgan fingerprint density at radius 1 is 1.15 bits per heavy atom. The number of rotatable bonds is 3. The first-order valence-electron chi connectivity index (χ1n) is 6.07. The van der Waals surface area contributed by atoms with E-state index < -0.39 is 0 Å². The van der Waals surface area contributed by atoms with Crippen LogP contribution >= 0.6 is 0 Å². The molecular formula is C13H10N4O3. The maximum absolute atomic E-state index is 5.39. The molecule has 1 N–H and O–H groups in total. The third-order valence-corrected chi connectivity index (χ3v) is 3.08. The molecule has 0 aliphatic carbocycles. The molecule has 2 aromatic heterocycles. The van der Waals surface area contributed by atoms with Crippen LogP contribution in [0.3, 0.4) is 0 Å². The summed E-state index contributed by atoms with van der Waals surface area (Å²) < 4.78 is 15.5. The second kappa shape index (κ2) is 4.37. The molecule has 0 spiro atoms. The van der Waals surface area contributed by atoms with E-state index in [1.165, 1.54) is 6.39 Å². The van der Waals surface area contributed by atoms with Crippen LogP contribution < -0.4 is 14.8 Å². The molecule has 0 atom stereocenters. The zero-order valence-electron chi connectivity index (χ0n) is 10.4. The van der Waals surface area contributed by atoms with Crippen molar-refractivity contribution in [3.05, 3.63) is 36.6 Å². The Kier molecular flexibility index (Phi) is 2.41. The van der Waals surface area contributed by atoms with E-state index in [0.29, 0.717) is 12.4 Å². The molecule has 20 heavy (non-hydrogen) atoms. The number of aromatic nitrogens is 3. The molecule has 4 rings (SSSR count). The molecule has 1 aromatic carbocycles. The van der Waals surface area contributed by atoms with Crippen LogP contribution in [-0.4, -0.2) is 21.9 Å². The van der Waals surface area contributed by atoms with Gasteiger partial charge in [0.1, 0.15) is 5.82 Å². The molecule has 7 nitrogen and oxygen atoms in total. The van der Waals surface area contributed by atoms with Crippen LogP contribution in [0.4, 0.5) is 5.82 Å². The molecule has 1 aliphatic rings. The third-order valence-electron chi connectivity index (χ3n) is 3.08. The molecule has 0 amide bonds. The van der Waals surface area contributed by atoms with E-state index in [-0.39, 0.29) is 6.79 Å². The highest BCUT2D eigenvalue weighted by Gasteiger charge is 2.15. The minimum Gasteiger partial charge on any atom is -0.454 e. The number of ether oxygens (including phenoxy) is 2. The standard InChI is InChI=1S/C13H10N4O3/c1-2-14-13(15-5-12-16-6-20-17-12)9-4-11-10(3-8(1)9)18-7-19-11/h1-4,6H,5,7H2,(H,14,15). The van der Waals surface area contributed by atoms with E-state index in [4.69, 9.17) is 14.0 Å². The van der Waals surface area contributed by atoms with Crippen LogP contribution in [0.15, 0.2) is 35.3 Å². The van der Waals surface area contributed by atoms with E-state index >= 15 is 0 Å². The topological polar surface area (TPSA) is 82.3 Å². The molecule has 0 saturated carbocycles. The molecular weight excluding hydrogens is 260 g/mol. The van der Waals surface area contributed by atoms with Crippen LogP contribution in [0, 0.1) is 0 Å². The molecule has 0 radical (unpaired) electrons. The van der Waals surface area contributed by atoms with Crippen molar-refractivity contribution in [2.75, 3.05) is 12.1 Å². The van der Waals surface area contributed by atoms with Gasteiger partial charge in [-0.15, -0.1) is 0 Å². The summed E-state index contributed by atoms with van der Waals surface area (Å²) in [6.07, 6.45) is 3.04. The number of anilines is 1. The van der Waals surface area contributed by atoms with Gasteiger partial charge in [0, 0.05) is 11.6 Å². The minimum atomic E-state index is 0.255. The van der Waals surface area contributed by atoms with Gasteiger partial charge in [0.2, 0.25) is 13.2 Å². The monoisotopic (exact) mass is 270 g/mol. The Hall–Kier alpha value is -2.83. The van der Waals surface area contributed by atoms with Crippen LogP contribution in [0.1, 0.15) is 5.82 Å². The summed E-state index contributed by atoms with van der Waals surface area (Å²) in [4.78, 5) is 8.29. The Morgan fingerprint density at radius 3 is 2.90 bits per heavy atom. The van der Waals surface area contributed by atoms with Gasteiger partial charge in [-0.2, -0.15) is 4.98 Å². The molecule has 0 unspecified atom stereocenters. The molecule has 3 aromatic rings. The smallest absolute Gasteiger partial charge is 0.231 e. The first kappa shape index (κ1) is 11.0. The van der Waals surface area contributed by atoms with Crippen molar-refractivity contribution in [3.8, 4) is 11.5 Å². The second-order valence-electron chi connectivity index (χ2n) is 4.29. The maximum atomic E-state index is 5.39. The molecule has 7 heteroatoms. The van der Waals surface area contributed by atoms with Crippen molar-refractivity contribution in [2.45, 2.75) is 6.54 Å². The first-order chi connectivity index (χ1) is 9.90. The Bertz CT molecular complexity index is 758. The van der Waals surface area contributed by atoms with Crippen LogP contribution in [-0.2, 0) is 6.54 Å². The predicted octanol–water partition coefficient (Wildman–Crippen LogP) is 1.96. The Balaban J connectivity index is 1.71. The summed E-state index contributed by atoms with van der Waals surface area (Å²) >= 11 is 0. The average molecular weight is 270 g/mol. The minimum absolute atomic E-state index is 0.255. The normalized spacial score (nSPS) is 12.8. The summed E-state index contributed by atoms with van der Waals surface area (Å²) in [6.45, 7) is 0.696. The number of benzene rings is 1. The highest BCUT2D eigenvalue weighted by atomic mass is 16.7. The highest BCUT2D eigenvalue weighted by Crippen LogP contribution is 2.37. The van der Waals surface area contributed by atoms with Gasteiger partial charge in [-0.05, 0) is 23.6 Å². The maximum Gasteiger partial charge on any atom is 0.231 e. The molecule has 1 aliphatic heterocycles. The summed E-state index contributed by atoms with van der Waals surface area (Å²) in [5.74, 6) is 2.80. The number of nitrogens with one attached hydrogen (secondary N) is 1. The summed E-state index contributed by atoms with van der Waals surface area (Å²) in [5.41, 5.74) is 0. The lowest BCUT2D eigenvalue weighted by atomic mass is 10.1. The molecule has 0 saturated heterocycles. The van der Waals surface area contributed by atoms with Crippen molar-refractivity contribution in [1.82, 2.24) is 15.1 Å². The zero-order valence-corrected chi connectivity index (χ0v) is 10.4. The predicted molar refractivity (Wildman–Crippen MR) is 69.5 cm³/mol. The quantitative estimate of drug-likeness (QED) is 0.778. The lowest BCUT2D eigenvalue weighted by Gasteiger charge is -2.07. The lowest BCUT2D eigenvalue weighted by Crippen LogP contribution is -2.03. The number of nitrogens with zero attached hydrogens (tertiary/aromatic N) is 3. The van der Waals surface area contributed by atoms with Crippen molar-refractivity contribution in [1.29, 1.82) is 0 Å². The summed E-state index contributed by atoms with van der Waals surface area (Å²) in [6, 6.07) is 5.79. The van der Waals surface area contributed by atoms with Gasteiger partial charge in [-0.3, -0.25) is 0 Å². The van der Waals surface area contributed by atoms with Gasteiger partial charge in [0.05, 0.1) is 6.54 Å². The van der Waals surface area contributed by atoms with E-state index in [2.05, 4.69) is 20.4 Å². The van der Waals surface area contributed by atoms with Gasteiger partial charge in [-0.25, -0.2) is 4.98 Å². The second-order valence-corrected chi connectivity index (χ2v) is 4.29. The summed E-state index contributed by atoms with van der Waals surface area (Å²) in [7, 11) is 0. The Morgan fingerprint density at radius 2 is 2.05 bits per heavy atom. The number of hydrogen-bond donors (Lipinski definition) is 1. The zero-order chi connectivity index (χ0) is 13.4. The van der Waals surface area contributed by atoms with Crippen LogP contribution in [0.2, 0.25) is 0 Å². The highest BCUT2D eigenvalue weighted by molar-refractivity contribution is 5.94. The SMILES string of the molecule is c1cc2cc3c(cc2c(NCc2ncon2)n1)OCO3. The average Bonchev–Trinajstić information content (AvgIpc) is 3.13. The third kappa shape index (κ3) is 1.80. The van der Waals surface area contributed by atoms with Gasteiger partial charge < -0.3 is 19.3 Å². The number of hydrogen-bond acceptors (Lipinski definition) is 7. The van der Waals surface area contributed by atoms with Gasteiger partial charge in [0.15, 0.2) is 17.3 Å². The van der Waals surface area contributed by atoms with Gasteiger partial charge in [-0.1, -0.05) is 5.16 Å². The fourth-order valence-corrected chi connectivity index (χ4v) is 2.14. The van der Waals surface area contributed by atoms with Crippen LogP contribution in [0.5, 0.6) is 11.5 Å². The fraction of sp³-hybridized carbons (Fsp3) is 0.154. The van der Waals surface area contributed by atoms with Gasteiger partial charge >= 0.3 is 0 Å². The largest absolute Gasteiger partial charge is 0.454 e. The molecule has 100 valence electrons. The number of pyridine rings is 1. The van der Waals surface area contributed by atoms with Crippen molar-refractivity contribution >= 4 is 16.6 Å². The molecule has 3 heterocycles. The van der Waals surface area contributed by atoms with E-state index in [1.54, 1.807) is 6.20 Å². The van der Waals surface area contributed by atoms with E-state index in [1.807, 2.05) is 18.2 Å². The molecule has 0 bridgehead atoms. The Labute approximate surface area is 113 Å². The molecule has 0 fully saturated rings. The fourth-order valence-electron chi connectivity index (χ4n) is 2.14. The lowest BCUT2D eigenvalue weighted by molar-refractivity contribution is 0.174. The van der Waals surface area contributed by atoms with Crippen molar-refractivity contribution in [2.24, 2.45) is 0 Å². The first-order valence-corrected chi connectivity index (χ1v) is 6.07. The summed E-state index contributed by atoms with van der Waals surface area (Å²) in [5, 5.41) is 8.92. The van der Waals surface area contributed by atoms with Crippen molar-refractivity contribution < 1.29 is 14.0 Å². The van der Waals surface area contributed by atoms with Crippen molar-refractivity contribution in [3.63, 3.8) is 0 Å². The van der Waals surface area contributed by atoms with Crippen LogP contribution in [0.25, 0.3) is 10.8 Å².